The van der Waals surface area contributed by atoms with Crippen molar-refractivity contribution in [2.24, 2.45) is 0 Å². The quantitative estimate of drug-likeness (QED) is 0.175. The van der Waals surface area contributed by atoms with E-state index in [9.17, 15) is 14.4 Å². The number of anilines is 1. The molecule has 0 bridgehead atoms. The van der Waals surface area contributed by atoms with Gasteiger partial charge in [-0.05, 0) is 71.7 Å². The SMILES string of the molecule is CCOc1cc(/C=C2/C(=O)NC(=O)N(c3ccc(C)c(Cl)c3)C2=O)c(Br)cc1OCc1cccc2ccccc12. The van der Waals surface area contributed by atoms with E-state index in [1.807, 2.05) is 56.3 Å². The smallest absolute Gasteiger partial charge is 0.335 e. The van der Waals surface area contributed by atoms with Crippen LogP contribution in [-0.4, -0.2) is 24.5 Å². The molecular weight excluding hydrogens is 596 g/mol. The molecular formula is C31H24BrClN2O5. The summed E-state index contributed by atoms with van der Waals surface area (Å²) in [5, 5.41) is 4.84. The number of aryl methyl sites for hydroxylation is 1. The maximum atomic E-state index is 13.4. The van der Waals surface area contributed by atoms with Gasteiger partial charge in [0, 0.05) is 9.50 Å². The first-order chi connectivity index (χ1) is 19.3. The monoisotopic (exact) mass is 618 g/mol. The van der Waals surface area contributed by atoms with E-state index in [0.717, 1.165) is 26.8 Å². The van der Waals surface area contributed by atoms with Crippen LogP contribution in [0.4, 0.5) is 10.5 Å². The van der Waals surface area contributed by atoms with Crippen LogP contribution in [-0.2, 0) is 16.2 Å². The van der Waals surface area contributed by atoms with Crippen molar-refractivity contribution >= 4 is 67.9 Å². The van der Waals surface area contributed by atoms with E-state index in [-0.39, 0.29) is 11.3 Å². The predicted molar refractivity (Wildman–Crippen MR) is 159 cm³/mol. The first-order valence-electron chi connectivity index (χ1n) is 12.5. The number of fused-ring (bicyclic) bond motifs is 1. The van der Waals surface area contributed by atoms with Gasteiger partial charge >= 0.3 is 6.03 Å². The molecule has 1 aliphatic heterocycles. The van der Waals surface area contributed by atoms with Crippen molar-refractivity contribution in [3.63, 3.8) is 0 Å². The number of halogens is 2. The molecule has 7 nitrogen and oxygen atoms in total. The van der Waals surface area contributed by atoms with Gasteiger partial charge in [0.1, 0.15) is 12.2 Å². The van der Waals surface area contributed by atoms with Crippen LogP contribution in [0.5, 0.6) is 11.5 Å². The van der Waals surface area contributed by atoms with Crippen molar-refractivity contribution in [2.75, 3.05) is 11.5 Å². The molecule has 5 rings (SSSR count). The number of amides is 4. The second-order valence-corrected chi connectivity index (χ2v) is 10.3. The number of hydrogen-bond donors (Lipinski definition) is 1. The van der Waals surface area contributed by atoms with E-state index in [1.165, 1.54) is 12.1 Å². The van der Waals surface area contributed by atoms with Crippen LogP contribution in [0.1, 0.15) is 23.6 Å². The Kier molecular flexibility index (Phi) is 7.91. The number of hydrogen-bond acceptors (Lipinski definition) is 5. The Balaban J connectivity index is 1.47. The Labute approximate surface area is 244 Å². The third-order valence-electron chi connectivity index (χ3n) is 6.44. The lowest BCUT2D eigenvalue weighted by Gasteiger charge is -2.26. The van der Waals surface area contributed by atoms with Crippen molar-refractivity contribution in [2.45, 2.75) is 20.5 Å². The molecule has 202 valence electrons. The zero-order valence-electron chi connectivity index (χ0n) is 21.7. The molecule has 0 saturated carbocycles. The number of barbiturate groups is 1. The molecule has 4 amide bonds. The Bertz CT molecular complexity index is 1700. The number of urea groups is 1. The highest BCUT2D eigenvalue weighted by Gasteiger charge is 2.37. The van der Waals surface area contributed by atoms with E-state index >= 15 is 0 Å². The van der Waals surface area contributed by atoms with Crippen LogP contribution >= 0.6 is 27.5 Å². The van der Waals surface area contributed by atoms with E-state index in [0.29, 0.717) is 39.8 Å². The van der Waals surface area contributed by atoms with Crippen LogP contribution in [0.3, 0.4) is 0 Å². The molecule has 1 heterocycles. The minimum absolute atomic E-state index is 0.219. The first-order valence-corrected chi connectivity index (χ1v) is 13.7. The molecule has 4 aromatic carbocycles. The number of carbonyl (C=O) groups is 3. The largest absolute Gasteiger partial charge is 0.490 e. The number of nitrogens with zero attached hydrogens (tertiary/aromatic N) is 1. The fourth-order valence-electron chi connectivity index (χ4n) is 4.38. The first kappa shape index (κ1) is 27.4. The average Bonchev–Trinajstić information content (AvgIpc) is 2.93. The summed E-state index contributed by atoms with van der Waals surface area (Å²) in [6.45, 7) is 4.34. The normalized spacial score (nSPS) is 14.6. The van der Waals surface area contributed by atoms with Gasteiger partial charge in [0.15, 0.2) is 11.5 Å². The average molecular weight is 620 g/mol. The van der Waals surface area contributed by atoms with Gasteiger partial charge in [-0.3, -0.25) is 14.9 Å². The molecule has 4 aromatic rings. The third kappa shape index (κ3) is 5.46. The summed E-state index contributed by atoms with van der Waals surface area (Å²) in [7, 11) is 0. The molecule has 0 radical (unpaired) electrons. The number of carbonyl (C=O) groups excluding carboxylic acids is 3. The molecule has 0 atom stereocenters. The maximum Gasteiger partial charge on any atom is 0.335 e. The molecule has 1 N–H and O–H groups in total. The van der Waals surface area contributed by atoms with E-state index < -0.39 is 17.8 Å². The van der Waals surface area contributed by atoms with Crippen LogP contribution in [0.15, 0.2) is 82.8 Å². The number of benzene rings is 4. The van der Waals surface area contributed by atoms with Crippen LogP contribution in [0.2, 0.25) is 5.02 Å². The lowest BCUT2D eigenvalue weighted by atomic mass is 10.1. The summed E-state index contributed by atoms with van der Waals surface area (Å²) in [5.41, 5.74) is 2.34. The lowest BCUT2D eigenvalue weighted by Crippen LogP contribution is -2.54. The van der Waals surface area contributed by atoms with Crippen LogP contribution in [0, 0.1) is 6.92 Å². The predicted octanol–water partition coefficient (Wildman–Crippen LogP) is 7.21. The Morgan fingerprint density at radius 1 is 0.950 bits per heavy atom. The third-order valence-corrected chi connectivity index (χ3v) is 7.54. The topological polar surface area (TPSA) is 84.9 Å². The van der Waals surface area contributed by atoms with Gasteiger partial charge in [0.25, 0.3) is 11.8 Å². The van der Waals surface area contributed by atoms with Crippen molar-refractivity contribution in [1.82, 2.24) is 5.32 Å². The zero-order chi connectivity index (χ0) is 28.4. The highest BCUT2D eigenvalue weighted by molar-refractivity contribution is 9.10. The minimum Gasteiger partial charge on any atom is -0.490 e. The van der Waals surface area contributed by atoms with Crippen molar-refractivity contribution in [1.29, 1.82) is 0 Å². The Morgan fingerprint density at radius 3 is 2.48 bits per heavy atom. The van der Waals surface area contributed by atoms with E-state index in [4.69, 9.17) is 21.1 Å². The second-order valence-electron chi connectivity index (χ2n) is 9.07. The molecule has 1 fully saturated rings. The van der Waals surface area contributed by atoms with Gasteiger partial charge in [-0.15, -0.1) is 0 Å². The van der Waals surface area contributed by atoms with Crippen molar-refractivity contribution in [3.8, 4) is 11.5 Å². The van der Waals surface area contributed by atoms with Crippen molar-refractivity contribution in [3.05, 3.63) is 105 Å². The molecule has 0 aliphatic carbocycles. The van der Waals surface area contributed by atoms with E-state index in [1.54, 1.807) is 24.3 Å². The van der Waals surface area contributed by atoms with Gasteiger partial charge in [-0.25, -0.2) is 9.69 Å². The summed E-state index contributed by atoms with van der Waals surface area (Å²) < 4.78 is 12.6. The fourth-order valence-corrected chi connectivity index (χ4v) is 5.00. The zero-order valence-corrected chi connectivity index (χ0v) is 24.0. The molecule has 0 aromatic heterocycles. The number of imide groups is 2. The molecule has 1 saturated heterocycles. The van der Waals surface area contributed by atoms with Crippen LogP contribution < -0.4 is 19.7 Å². The summed E-state index contributed by atoms with van der Waals surface area (Å²) in [6.07, 6.45) is 1.41. The van der Waals surface area contributed by atoms with Gasteiger partial charge in [0.05, 0.1) is 12.3 Å². The molecule has 1 aliphatic rings. The number of nitrogens with one attached hydrogen (secondary N) is 1. The fraction of sp³-hybridized carbons (Fsp3) is 0.129. The lowest BCUT2D eigenvalue weighted by molar-refractivity contribution is -0.122. The number of rotatable bonds is 7. The standard InChI is InChI=1S/C31H24BrClN2O5/c1-3-39-27-14-21(25(32)16-28(27)40-17-20-9-6-8-19-7-4-5-10-23(19)20)13-24-29(36)34-31(38)35(30(24)37)22-12-11-18(2)26(33)15-22/h4-16H,3,17H2,1-2H3,(H,34,36,38)/b24-13-. The highest BCUT2D eigenvalue weighted by atomic mass is 79.9. The summed E-state index contributed by atoms with van der Waals surface area (Å²) in [4.78, 5) is 39.6. The number of ether oxygens (including phenoxy) is 2. The van der Waals surface area contributed by atoms with Gasteiger partial charge in [-0.1, -0.05) is 76.1 Å². The second kappa shape index (κ2) is 11.5. The Hall–Kier alpha value is -4.14. The van der Waals surface area contributed by atoms with Crippen molar-refractivity contribution < 1.29 is 23.9 Å². The summed E-state index contributed by atoms with van der Waals surface area (Å²) >= 11 is 9.75. The molecule has 9 heteroatoms. The van der Waals surface area contributed by atoms with Gasteiger partial charge in [0.2, 0.25) is 0 Å². The highest BCUT2D eigenvalue weighted by Crippen LogP contribution is 2.36. The van der Waals surface area contributed by atoms with Gasteiger partial charge in [-0.2, -0.15) is 0 Å². The minimum atomic E-state index is -0.849. The van der Waals surface area contributed by atoms with Crippen LogP contribution in [0.25, 0.3) is 16.8 Å². The Morgan fingerprint density at radius 2 is 1.70 bits per heavy atom. The molecule has 40 heavy (non-hydrogen) atoms. The maximum absolute atomic E-state index is 13.4. The summed E-state index contributed by atoms with van der Waals surface area (Å²) in [5.74, 6) is -0.630. The van der Waals surface area contributed by atoms with Gasteiger partial charge < -0.3 is 9.47 Å². The van der Waals surface area contributed by atoms with E-state index in [2.05, 4.69) is 21.2 Å². The molecule has 0 unspecified atom stereocenters. The summed E-state index contributed by atoms with van der Waals surface area (Å²) in [6, 6.07) is 21.5. The molecule has 0 spiro atoms.